The lowest BCUT2D eigenvalue weighted by atomic mass is 10.1. The zero-order valence-electron chi connectivity index (χ0n) is 13.3. The molecule has 3 aromatic rings. The second kappa shape index (κ2) is 6.84. The first kappa shape index (κ1) is 16.2. The van der Waals surface area contributed by atoms with Crippen LogP contribution in [0.15, 0.2) is 40.6 Å². The quantitative estimate of drug-likeness (QED) is 0.665. The molecule has 0 radical (unpaired) electrons. The van der Waals surface area contributed by atoms with Crippen LogP contribution >= 0.6 is 11.3 Å². The Morgan fingerprint density at radius 1 is 1.29 bits per heavy atom. The molecule has 1 aromatic carbocycles. The molecule has 0 aliphatic rings. The topological polar surface area (TPSA) is 69.9 Å². The molecule has 6 nitrogen and oxygen atoms in total. The van der Waals surface area contributed by atoms with Gasteiger partial charge in [0.1, 0.15) is 12.4 Å². The number of carbonyl (C=O) groups excluding carboxylic acids is 1. The first-order valence-electron chi connectivity index (χ1n) is 7.34. The summed E-state index contributed by atoms with van der Waals surface area (Å²) < 4.78 is 12.1. The van der Waals surface area contributed by atoms with Crippen LogP contribution in [0.1, 0.15) is 16.8 Å². The lowest BCUT2D eigenvalue weighted by Gasteiger charge is -2.09. The van der Waals surface area contributed by atoms with Crippen molar-refractivity contribution in [1.82, 2.24) is 9.38 Å². The molecule has 124 valence electrons. The number of benzene rings is 1. The molecule has 0 amide bonds. The van der Waals surface area contributed by atoms with E-state index in [1.54, 1.807) is 11.6 Å². The van der Waals surface area contributed by atoms with E-state index in [0.29, 0.717) is 16.4 Å². The van der Waals surface area contributed by atoms with Gasteiger partial charge in [0.05, 0.1) is 5.69 Å². The van der Waals surface area contributed by atoms with Crippen LogP contribution in [0.3, 0.4) is 0 Å². The highest BCUT2D eigenvalue weighted by Crippen LogP contribution is 2.19. The van der Waals surface area contributed by atoms with Gasteiger partial charge in [-0.15, -0.1) is 11.3 Å². The maximum atomic E-state index is 11.8. The van der Waals surface area contributed by atoms with E-state index in [2.05, 4.69) is 4.98 Å². The highest BCUT2D eigenvalue weighted by Gasteiger charge is 2.09. The first-order valence-corrected chi connectivity index (χ1v) is 8.22. The molecule has 0 spiro atoms. The summed E-state index contributed by atoms with van der Waals surface area (Å²) in [5.74, 6) is 0.146. The first-order chi connectivity index (χ1) is 11.5. The Hall–Kier alpha value is -2.67. The molecule has 0 saturated heterocycles. The number of nitrogens with zero attached hydrogens (tertiary/aromatic N) is 2. The number of esters is 1. The molecular formula is C17H16N2O4S. The maximum absolute atomic E-state index is 11.8. The third-order valence-corrected chi connectivity index (χ3v) is 4.18. The van der Waals surface area contributed by atoms with Gasteiger partial charge in [-0.05, 0) is 31.0 Å². The Kier molecular flexibility index (Phi) is 4.61. The zero-order valence-corrected chi connectivity index (χ0v) is 14.1. The van der Waals surface area contributed by atoms with E-state index in [0.717, 1.165) is 11.1 Å². The van der Waals surface area contributed by atoms with Crippen LogP contribution in [0, 0.1) is 13.8 Å². The van der Waals surface area contributed by atoms with E-state index in [1.165, 1.54) is 21.8 Å². The Labute approximate surface area is 142 Å². The van der Waals surface area contributed by atoms with Crippen molar-refractivity contribution < 1.29 is 14.3 Å². The number of fused-ring (bicyclic) bond motifs is 1. The highest BCUT2D eigenvalue weighted by atomic mass is 32.1. The van der Waals surface area contributed by atoms with Gasteiger partial charge in [-0.3, -0.25) is 9.20 Å². The van der Waals surface area contributed by atoms with Gasteiger partial charge in [-0.2, -0.15) is 0 Å². The number of thiazole rings is 1. The Bertz CT molecular complexity index is 945. The van der Waals surface area contributed by atoms with Crippen molar-refractivity contribution in [2.24, 2.45) is 0 Å². The van der Waals surface area contributed by atoms with Crippen LogP contribution < -0.4 is 10.3 Å². The third kappa shape index (κ3) is 3.62. The van der Waals surface area contributed by atoms with Crippen molar-refractivity contribution >= 4 is 22.3 Å². The van der Waals surface area contributed by atoms with Crippen LogP contribution in [0.5, 0.6) is 5.75 Å². The van der Waals surface area contributed by atoms with E-state index < -0.39 is 5.97 Å². The molecule has 2 aromatic heterocycles. The molecule has 0 saturated carbocycles. The molecule has 0 fully saturated rings. The Morgan fingerprint density at radius 3 is 2.96 bits per heavy atom. The standard InChI is InChI=1S/C17H16N2O4S/c1-11-3-4-12(2)14(7-11)22-10-16(21)23-9-13-8-15(20)19-5-6-24-17(19)18-13/h3-8H,9-10H2,1-2H3. The number of hydrogen-bond acceptors (Lipinski definition) is 6. The van der Waals surface area contributed by atoms with Crippen molar-refractivity contribution in [2.45, 2.75) is 20.5 Å². The second-order valence-electron chi connectivity index (χ2n) is 5.36. The molecular weight excluding hydrogens is 328 g/mol. The number of aromatic nitrogens is 2. The lowest BCUT2D eigenvalue weighted by Crippen LogP contribution is -2.17. The van der Waals surface area contributed by atoms with Gasteiger partial charge in [0.2, 0.25) is 0 Å². The summed E-state index contributed by atoms with van der Waals surface area (Å²) in [5, 5.41) is 1.78. The predicted octanol–water partition coefficient (Wildman–Crippen LogP) is 2.50. The van der Waals surface area contributed by atoms with Gasteiger partial charge < -0.3 is 9.47 Å². The van der Waals surface area contributed by atoms with Crippen molar-refractivity contribution in [1.29, 1.82) is 0 Å². The molecule has 0 bridgehead atoms. The molecule has 0 N–H and O–H groups in total. The average Bonchev–Trinajstić information content (AvgIpc) is 3.03. The zero-order chi connectivity index (χ0) is 17.1. The van der Waals surface area contributed by atoms with Crippen LogP contribution in [0.25, 0.3) is 4.96 Å². The van der Waals surface area contributed by atoms with Crippen molar-refractivity contribution in [3.8, 4) is 5.75 Å². The fourth-order valence-corrected chi connectivity index (χ4v) is 2.90. The third-order valence-electron chi connectivity index (χ3n) is 3.43. The molecule has 0 unspecified atom stereocenters. The van der Waals surface area contributed by atoms with Gasteiger partial charge in [0.25, 0.3) is 5.56 Å². The van der Waals surface area contributed by atoms with Crippen LogP contribution in [0.2, 0.25) is 0 Å². The van der Waals surface area contributed by atoms with Crippen LogP contribution in [-0.4, -0.2) is 22.0 Å². The van der Waals surface area contributed by atoms with E-state index >= 15 is 0 Å². The minimum atomic E-state index is -0.510. The van der Waals surface area contributed by atoms with Crippen LogP contribution in [0.4, 0.5) is 0 Å². The summed E-state index contributed by atoms with van der Waals surface area (Å²) >= 11 is 1.35. The summed E-state index contributed by atoms with van der Waals surface area (Å²) in [5.41, 5.74) is 2.23. The van der Waals surface area contributed by atoms with E-state index in [9.17, 15) is 9.59 Å². The molecule has 24 heavy (non-hydrogen) atoms. The van der Waals surface area contributed by atoms with Gasteiger partial charge in [0.15, 0.2) is 11.6 Å². The number of ether oxygens (including phenoxy) is 2. The minimum Gasteiger partial charge on any atom is -0.482 e. The molecule has 0 aliphatic heterocycles. The SMILES string of the molecule is Cc1ccc(C)c(OCC(=O)OCc2cc(=O)n3ccsc3n2)c1. The summed E-state index contributed by atoms with van der Waals surface area (Å²) in [6.45, 7) is 3.62. The molecule has 0 atom stereocenters. The fourth-order valence-electron chi connectivity index (χ4n) is 2.16. The van der Waals surface area contributed by atoms with Crippen molar-refractivity contribution in [3.05, 3.63) is 63.0 Å². The normalized spacial score (nSPS) is 10.8. The Morgan fingerprint density at radius 2 is 2.12 bits per heavy atom. The number of rotatable bonds is 5. The summed E-state index contributed by atoms with van der Waals surface area (Å²) in [4.78, 5) is 28.5. The minimum absolute atomic E-state index is 0.0569. The van der Waals surface area contributed by atoms with Crippen molar-refractivity contribution in [2.75, 3.05) is 6.61 Å². The van der Waals surface area contributed by atoms with Gasteiger partial charge in [0, 0.05) is 17.6 Å². The molecule has 0 aliphatic carbocycles. The lowest BCUT2D eigenvalue weighted by molar-refractivity contribution is -0.147. The number of aryl methyl sites for hydroxylation is 2. The van der Waals surface area contributed by atoms with Gasteiger partial charge in [-0.1, -0.05) is 12.1 Å². The predicted molar refractivity (Wildman–Crippen MR) is 90.5 cm³/mol. The fraction of sp³-hybridized carbons (Fsp3) is 0.235. The smallest absolute Gasteiger partial charge is 0.344 e. The molecule has 2 heterocycles. The van der Waals surface area contributed by atoms with E-state index in [1.807, 2.05) is 32.0 Å². The summed E-state index contributed by atoms with van der Waals surface area (Å²) in [6, 6.07) is 7.14. The largest absolute Gasteiger partial charge is 0.482 e. The summed E-state index contributed by atoms with van der Waals surface area (Å²) in [7, 11) is 0. The monoisotopic (exact) mass is 344 g/mol. The van der Waals surface area contributed by atoms with Crippen molar-refractivity contribution in [3.63, 3.8) is 0 Å². The highest BCUT2D eigenvalue weighted by molar-refractivity contribution is 7.15. The maximum Gasteiger partial charge on any atom is 0.344 e. The number of hydrogen-bond donors (Lipinski definition) is 0. The number of carbonyl (C=O) groups is 1. The van der Waals surface area contributed by atoms with E-state index in [4.69, 9.17) is 9.47 Å². The van der Waals surface area contributed by atoms with Crippen LogP contribution in [-0.2, 0) is 16.1 Å². The summed E-state index contributed by atoms with van der Waals surface area (Å²) in [6.07, 6.45) is 1.66. The van der Waals surface area contributed by atoms with Gasteiger partial charge in [-0.25, -0.2) is 9.78 Å². The molecule has 3 rings (SSSR count). The molecule has 7 heteroatoms. The average molecular weight is 344 g/mol. The Balaban J connectivity index is 1.58. The van der Waals surface area contributed by atoms with E-state index in [-0.39, 0.29) is 18.8 Å². The van der Waals surface area contributed by atoms with Gasteiger partial charge >= 0.3 is 5.97 Å². The second-order valence-corrected chi connectivity index (χ2v) is 6.23.